The van der Waals surface area contributed by atoms with E-state index in [4.69, 9.17) is 0 Å². The molecule has 1 aromatic heterocycles. The van der Waals surface area contributed by atoms with Crippen LogP contribution in [0.25, 0.3) is 0 Å². The number of aromatic nitrogens is 1. The molecule has 0 aliphatic heterocycles. The SMILES string of the molecule is C[S@](=O)Cc1cccc(N[C@H](c2ccccc2)c2ccccn2)c1. The summed E-state index contributed by atoms with van der Waals surface area (Å²) in [6.45, 7) is 0. The first kappa shape index (κ1) is 16.4. The molecule has 0 aliphatic carbocycles. The van der Waals surface area contributed by atoms with Gasteiger partial charge in [0, 0.05) is 34.7 Å². The third-order valence-electron chi connectivity index (χ3n) is 3.72. The molecule has 2 aromatic carbocycles. The molecule has 0 fully saturated rings. The summed E-state index contributed by atoms with van der Waals surface area (Å²) < 4.78 is 11.5. The van der Waals surface area contributed by atoms with Crippen LogP contribution in [-0.4, -0.2) is 15.4 Å². The van der Waals surface area contributed by atoms with Gasteiger partial charge in [0.15, 0.2) is 0 Å². The lowest BCUT2D eigenvalue weighted by atomic mass is 10.0. The maximum atomic E-state index is 11.5. The second-order valence-electron chi connectivity index (χ2n) is 5.66. The molecular weight excluding hydrogens is 316 g/mol. The number of rotatable bonds is 6. The number of hydrogen-bond donors (Lipinski definition) is 1. The monoisotopic (exact) mass is 336 g/mol. The van der Waals surface area contributed by atoms with Gasteiger partial charge in [0.1, 0.15) is 0 Å². The third-order valence-corrected chi connectivity index (χ3v) is 4.46. The molecule has 0 amide bonds. The fourth-order valence-electron chi connectivity index (χ4n) is 2.67. The minimum absolute atomic E-state index is 0.0326. The van der Waals surface area contributed by atoms with Gasteiger partial charge in [-0.15, -0.1) is 0 Å². The minimum atomic E-state index is -0.850. The number of hydrogen-bond acceptors (Lipinski definition) is 3. The first-order valence-electron chi connectivity index (χ1n) is 7.84. The highest BCUT2D eigenvalue weighted by atomic mass is 32.2. The second kappa shape index (κ2) is 7.88. The molecule has 2 atom stereocenters. The van der Waals surface area contributed by atoms with Crippen LogP contribution in [0.3, 0.4) is 0 Å². The van der Waals surface area contributed by atoms with E-state index in [0.717, 1.165) is 22.5 Å². The van der Waals surface area contributed by atoms with Gasteiger partial charge in [0.05, 0.1) is 11.7 Å². The Morgan fingerprint density at radius 1 is 1.00 bits per heavy atom. The molecule has 0 spiro atoms. The molecular formula is C20H20N2OS. The quantitative estimate of drug-likeness (QED) is 0.735. The van der Waals surface area contributed by atoms with E-state index >= 15 is 0 Å². The maximum Gasteiger partial charge on any atom is 0.0940 e. The van der Waals surface area contributed by atoms with Crippen molar-refractivity contribution in [3.8, 4) is 0 Å². The zero-order chi connectivity index (χ0) is 16.8. The Morgan fingerprint density at radius 2 is 1.79 bits per heavy atom. The summed E-state index contributed by atoms with van der Waals surface area (Å²) in [7, 11) is -0.850. The van der Waals surface area contributed by atoms with E-state index in [1.807, 2.05) is 60.8 Å². The predicted octanol–water partition coefficient (Wildman–Crippen LogP) is 4.16. The van der Waals surface area contributed by atoms with Crippen molar-refractivity contribution in [3.05, 3.63) is 95.8 Å². The topological polar surface area (TPSA) is 42.0 Å². The van der Waals surface area contributed by atoms with Crippen molar-refractivity contribution in [2.45, 2.75) is 11.8 Å². The molecule has 1 heterocycles. The molecule has 3 rings (SSSR count). The van der Waals surface area contributed by atoms with Gasteiger partial charge >= 0.3 is 0 Å². The van der Waals surface area contributed by atoms with Crippen molar-refractivity contribution < 1.29 is 4.21 Å². The van der Waals surface area contributed by atoms with Crippen molar-refractivity contribution in [1.82, 2.24) is 4.98 Å². The zero-order valence-corrected chi connectivity index (χ0v) is 14.4. The van der Waals surface area contributed by atoms with Crippen molar-refractivity contribution in [3.63, 3.8) is 0 Å². The van der Waals surface area contributed by atoms with E-state index in [2.05, 4.69) is 28.5 Å². The molecule has 1 N–H and O–H groups in total. The van der Waals surface area contributed by atoms with Crippen molar-refractivity contribution in [2.24, 2.45) is 0 Å². The first-order valence-corrected chi connectivity index (χ1v) is 9.56. The van der Waals surface area contributed by atoms with Gasteiger partial charge < -0.3 is 5.32 Å². The summed E-state index contributed by atoms with van der Waals surface area (Å²) in [6, 6.07) is 24.2. The van der Waals surface area contributed by atoms with Crippen LogP contribution in [-0.2, 0) is 16.6 Å². The third kappa shape index (κ3) is 4.30. The van der Waals surface area contributed by atoms with Crippen LogP contribution in [0.5, 0.6) is 0 Å². The highest BCUT2D eigenvalue weighted by Gasteiger charge is 2.15. The number of anilines is 1. The van der Waals surface area contributed by atoms with Crippen LogP contribution >= 0.6 is 0 Å². The van der Waals surface area contributed by atoms with Crippen LogP contribution in [0.1, 0.15) is 22.9 Å². The molecule has 4 heteroatoms. The van der Waals surface area contributed by atoms with Crippen LogP contribution in [0, 0.1) is 0 Å². The molecule has 3 aromatic rings. The van der Waals surface area contributed by atoms with Crippen LogP contribution in [0.2, 0.25) is 0 Å². The minimum Gasteiger partial charge on any atom is -0.373 e. The first-order chi connectivity index (χ1) is 11.7. The Labute approximate surface area is 145 Å². The predicted molar refractivity (Wildman–Crippen MR) is 100 cm³/mol. The number of pyridine rings is 1. The lowest BCUT2D eigenvalue weighted by Crippen LogP contribution is -2.13. The molecule has 0 unspecified atom stereocenters. The molecule has 0 bridgehead atoms. The van der Waals surface area contributed by atoms with E-state index < -0.39 is 10.8 Å². The highest BCUT2D eigenvalue weighted by molar-refractivity contribution is 7.83. The highest BCUT2D eigenvalue weighted by Crippen LogP contribution is 2.25. The summed E-state index contributed by atoms with van der Waals surface area (Å²) in [5.74, 6) is 0.565. The van der Waals surface area contributed by atoms with Crippen molar-refractivity contribution >= 4 is 16.5 Å². The Morgan fingerprint density at radius 3 is 2.50 bits per heavy atom. The standard InChI is InChI=1S/C20H20N2OS/c1-24(23)15-16-8-7-11-18(14-16)22-20(17-9-3-2-4-10-17)19-12-5-6-13-21-19/h2-14,20,22H,15H2,1H3/t20-,24+/m1/s1. The van der Waals surface area contributed by atoms with Gasteiger partial charge in [0.25, 0.3) is 0 Å². The molecule has 0 saturated carbocycles. The molecule has 0 aliphatic rings. The van der Waals surface area contributed by atoms with E-state index in [1.165, 1.54) is 0 Å². The molecule has 0 saturated heterocycles. The van der Waals surface area contributed by atoms with Crippen molar-refractivity contribution in [2.75, 3.05) is 11.6 Å². The zero-order valence-electron chi connectivity index (χ0n) is 13.6. The van der Waals surface area contributed by atoms with Gasteiger partial charge in [-0.3, -0.25) is 9.19 Å². The largest absolute Gasteiger partial charge is 0.373 e. The molecule has 24 heavy (non-hydrogen) atoms. The van der Waals surface area contributed by atoms with Crippen LogP contribution in [0.15, 0.2) is 79.0 Å². The summed E-state index contributed by atoms with van der Waals surface area (Å²) in [4.78, 5) is 4.51. The average molecular weight is 336 g/mol. The number of nitrogens with zero attached hydrogens (tertiary/aromatic N) is 1. The normalized spacial score (nSPS) is 13.2. The lowest BCUT2D eigenvalue weighted by molar-refractivity contribution is 0.686. The van der Waals surface area contributed by atoms with E-state index in [0.29, 0.717) is 5.75 Å². The number of nitrogens with one attached hydrogen (secondary N) is 1. The molecule has 122 valence electrons. The van der Waals surface area contributed by atoms with Crippen LogP contribution < -0.4 is 5.32 Å². The van der Waals surface area contributed by atoms with Gasteiger partial charge in [-0.25, -0.2) is 0 Å². The van der Waals surface area contributed by atoms with E-state index in [9.17, 15) is 4.21 Å². The van der Waals surface area contributed by atoms with Gasteiger partial charge in [-0.2, -0.15) is 0 Å². The average Bonchev–Trinajstić information content (AvgIpc) is 2.61. The fraction of sp³-hybridized carbons (Fsp3) is 0.150. The Balaban J connectivity index is 1.92. The Hall–Kier alpha value is -2.46. The smallest absolute Gasteiger partial charge is 0.0940 e. The summed E-state index contributed by atoms with van der Waals surface area (Å²) in [5.41, 5.74) is 4.18. The maximum absolute atomic E-state index is 11.5. The Bertz CT molecular complexity index is 767. The summed E-state index contributed by atoms with van der Waals surface area (Å²) in [5, 5.41) is 3.56. The lowest BCUT2D eigenvalue weighted by Gasteiger charge is -2.20. The van der Waals surface area contributed by atoms with E-state index in [1.54, 1.807) is 6.26 Å². The second-order valence-corrected chi connectivity index (χ2v) is 7.10. The molecule has 3 nitrogen and oxygen atoms in total. The van der Waals surface area contributed by atoms with E-state index in [-0.39, 0.29) is 6.04 Å². The molecule has 0 radical (unpaired) electrons. The fourth-order valence-corrected chi connectivity index (χ4v) is 3.32. The number of benzene rings is 2. The van der Waals surface area contributed by atoms with Crippen molar-refractivity contribution in [1.29, 1.82) is 0 Å². The van der Waals surface area contributed by atoms with Crippen LogP contribution in [0.4, 0.5) is 5.69 Å². The summed E-state index contributed by atoms with van der Waals surface area (Å²) >= 11 is 0. The Kier molecular flexibility index (Phi) is 5.39. The summed E-state index contributed by atoms with van der Waals surface area (Å²) in [6.07, 6.45) is 3.53. The van der Waals surface area contributed by atoms with Gasteiger partial charge in [-0.1, -0.05) is 48.5 Å². The van der Waals surface area contributed by atoms with Gasteiger partial charge in [-0.05, 0) is 35.4 Å². The van der Waals surface area contributed by atoms with Gasteiger partial charge in [0.2, 0.25) is 0 Å².